The van der Waals surface area contributed by atoms with Crippen molar-refractivity contribution in [2.45, 2.75) is 19.4 Å². The minimum absolute atomic E-state index is 0.424. The third-order valence-electron chi connectivity index (χ3n) is 2.90. The van der Waals surface area contributed by atoms with Crippen LogP contribution in [0.2, 0.25) is 0 Å². The first-order chi connectivity index (χ1) is 8.61. The van der Waals surface area contributed by atoms with Crippen molar-refractivity contribution in [1.82, 2.24) is 4.98 Å². The molecular formula is C14H14F2N2. The predicted octanol–water partition coefficient (Wildman–Crippen LogP) is 2.97. The maximum absolute atomic E-state index is 13.2. The van der Waals surface area contributed by atoms with Gasteiger partial charge in [-0.2, -0.15) is 0 Å². The van der Waals surface area contributed by atoms with Gasteiger partial charge in [-0.1, -0.05) is 6.92 Å². The first-order valence-electron chi connectivity index (χ1n) is 5.76. The summed E-state index contributed by atoms with van der Waals surface area (Å²) in [4.78, 5) is 4.02. The summed E-state index contributed by atoms with van der Waals surface area (Å²) < 4.78 is 26.4. The van der Waals surface area contributed by atoms with E-state index in [4.69, 9.17) is 5.73 Å². The summed E-state index contributed by atoms with van der Waals surface area (Å²) in [7, 11) is 0. The zero-order valence-corrected chi connectivity index (χ0v) is 10.0. The van der Waals surface area contributed by atoms with Gasteiger partial charge in [0.05, 0.1) is 6.04 Å². The maximum atomic E-state index is 13.2. The Morgan fingerprint density at radius 1 is 1.22 bits per heavy atom. The van der Waals surface area contributed by atoms with Crippen molar-refractivity contribution in [3.05, 3.63) is 65.0 Å². The van der Waals surface area contributed by atoms with Gasteiger partial charge >= 0.3 is 0 Å². The monoisotopic (exact) mass is 248 g/mol. The molecule has 4 heteroatoms. The fourth-order valence-corrected chi connectivity index (χ4v) is 1.97. The topological polar surface area (TPSA) is 38.9 Å². The van der Waals surface area contributed by atoms with Crippen LogP contribution in [-0.4, -0.2) is 4.98 Å². The van der Waals surface area contributed by atoms with E-state index in [-0.39, 0.29) is 0 Å². The van der Waals surface area contributed by atoms with Gasteiger partial charge in [0.15, 0.2) is 0 Å². The number of rotatable bonds is 3. The van der Waals surface area contributed by atoms with Crippen LogP contribution in [0.4, 0.5) is 8.78 Å². The lowest BCUT2D eigenvalue weighted by Gasteiger charge is -2.16. The van der Waals surface area contributed by atoms with E-state index in [0.717, 1.165) is 23.6 Å². The SMILES string of the molecule is CCc1cnccc1C(N)c1cc(F)cc(F)c1. The second-order valence-corrected chi connectivity index (χ2v) is 4.11. The van der Waals surface area contributed by atoms with Crippen molar-refractivity contribution >= 4 is 0 Å². The number of nitrogens with zero attached hydrogens (tertiary/aromatic N) is 1. The van der Waals surface area contributed by atoms with Gasteiger partial charge in [-0.3, -0.25) is 4.98 Å². The minimum Gasteiger partial charge on any atom is -0.320 e. The molecule has 94 valence electrons. The van der Waals surface area contributed by atoms with Gasteiger partial charge in [0, 0.05) is 18.5 Å². The van der Waals surface area contributed by atoms with E-state index >= 15 is 0 Å². The molecule has 0 radical (unpaired) electrons. The van der Waals surface area contributed by atoms with Gasteiger partial charge in [0.1, 0.15) is 11.6 Å². The molecule has 2 N–H and O–H groups in total. The van der Waals surface area contributed by atoms with Crippen molar-refractivity contribution in [3.63, 3.8) is 0 Å². The fourth-order valence-electron chi connectivity index (χ4n) is 1.97. The van der Waals surface area contributed by atoms with E-state index in [9.17, 15) is 8.78 Å². The van der Waals surface area contributed by atoms with E-state index < -0.39 is 17.7 Å². The summed E-state index contributed by atoms with van der Waals surface area (Å²) in [6, 6.07) is 4.59. The minimum atomic E-state index is -0.618. The smallest absolute Gasteiger partial charge is 0.126 e. The van der Waals surface area contributed by atoms with Crippen LogP contribution in [0.5, 0.6) is 0 Å². The number of hydrogen-bond acceptors (Lipinski definition) is 2. The maximum Gasteiger partial charge on any atom is 0.126 e. The fraction of sp³-hybridized carbons (Fsp3) is 0.214. The quantitative estimate of drug-likeness (QED) is 0.907. The van der Waals surface area contributed by atoms with Crippen LogP contribution in [0, 0.1) is 11.6 Å². The molecule has 1 atom stereocenters. The third kappa shape index (κ3) is 2.54. The molecule has 0 saturated heterocycles. The van der Waals surface area contributed by atoms with Crippen LogP contribution in [0.25, 0.3) is 0 Å². The average molecular weight is 248 g/mol. The summed E-state index contributed by atoms with van der Waals surface area (Å²) in [5.74, 6) is -1.24. The highest BCUT2D eigenvalue weighted by Gasteiger charge is 2.14. The zero-order chi connectivity index (χ0) is 13.1. The van der Waals surface area contributed by atoms with Gasteiger partial charge in [-0.15, -0.1) is 0 Å². The number of benzene rings is 1. The Balaban J connectivity index is 2.44. The molecule has 0 aliphatic carbocycles. The molecule has 1 aromatic carbocycles. The molecule has 0 aliphatic rings. The van der Waals surface area contributed by atoms with Crippen LogP contribution in [0.15, 0.2) is 36.7 Å². The number of aromatic nitrogens is 1. The zero-order valence-electron chi connectivity index (χ0n) is 10.0. The third-order valence-corrected chi connectivity index (χ3v) is 2.90. The van der Waals surface area contributed by atoms with E-state index in [1.165, 1.54) is 12.1 Å². The molecule has 0 spiro atoms. The number of aryl methyl sites for hydroxylation is 1. The van der Waals surface area contributed by atoms with Crippen LogP contribution in [0.3, 0.4) is 0 Å². The van der Waals surface area contributed by atoms with Gasteiger partial charge in [0.2, 0.25) is 0 Å². The molecule has 2 aromatic rings. The molecule has 2 nitrogen and oxygen atoms in total. The summed E-state index contributed by atoms with van der Waals surface area (Å²) in [5, 5.41) is 0. The number of nitrogens with two attached hydrogens (primary N) is 1. The second kappa shape index (κ2) is 5.23. The first kappa shape index (κ1) is 12.6. The Labute approximate surface area is 104 Å². The van der Waals surface area contributed by atoms with Crippen molar-refractivity contribution < 1.29 is 8.78 Å². The van der Waals surface area contributed by atoms with Crippen LogP contribution in [0.1, 0.15) is 29.7 Å². The summed E-state index contributed by atoms with van der Waals surface area (Å²) in [5.41, 5.74) is 8.32. The highest BCUT2D eigenvalue weighted by molar-refractivity contribution is 5.35. The van der Waals surface area contributed by atoms with E-state index in [1.54, 1.807) is 18.5 Å². The Hall–Kier alpha value is -1.81. The Morgan fingerprint density at radius 2 is 1.89 bits per heavy atom. The van der Waals surface area contributed by atoms with E-state index in [2.05, 4.69) is 4.98 Å². The molecule has 0 amide bonds. The van der Waals surface area contributed by atoms with Gasteiger partial charge in [-0.25, -0.2) is 8.78 Å². The molecule has 0 aliphatic heterocycles. The molecule has 0 bridgehead atoms. The normalized spacial score (nSPS) is 12.4. The molecule has 0 fully saturated rings. The molecule has 1 aromatic heterocycles. The van der Waals surface area contributed by atoms with E-state index in [0.29, 0.717) is 5.56 Å². The van der Waals surface area contributed by atoms with Crippen molar-refractivity contribution in [2.75, 3.05) is 0 Å². The van der Waals surface area contributed by atoms with Crippen molar-refractivity contribution in [2.24, 2.45) is 5.73 Å². The van der Waals surface area contributed by atoms with Gasteiger partial charge in [-0.05, 0) is 41.3 Å². The highest BCUT2D eigenvalue weighted by atomic mass is 19.1. The first-order valence-corrected chi connectivity index (χ1v) is 5.76. The Bertz CT molecular complexity index is 535. The number of pyridine rings is 1. The Morgan fingerprint density at radius 3 is 2.50 bits per heavy atom. The van der Waals surface area contributed by atoms with E-state index in [1.807, 2.05) is 6.92 Å². The van der Waals surface area contributed by atoms with Gasteiger partial charge < -0.3 is 5.73 Å². The lowest BCUT2D eigenvalue weighted by molar-refractivity contribution is 0.577. The van der Waals surface area contributed by atoms with Crippen LogP contribution in [-0.2, 0) is 6.42 Å². The van der Waals surface area contributed by atoms with Gasteiger partial charge in [0.25, 0.3) is 0 Å². The lowest BCUT2D eigenvalue weighted by Crippen LogP contribution is -2.14. The summed E-state index contributed by atoms with van der Waals surface area (Å²) in [6.07, 6.45) is 4.13. The van der Waals surface area contributed by atoms with Crippen molar-refractivity contribution in [1.29, 1.82) is 0 Å². The molecule has 1 unspecified atom stereocenters. The average Bonchev–Trinajstić information content (AvgIpc) is 2.36. The second-order valence-electron chi connectivity index (χ2n) is 4.11. The van der Waals surface area contributed by atoms with Crippen LogP contribution >= 0.6 is 0 Å². The molecule has 1 heterocycles. The van der Waals surface area contributed by atoms with Crippen LogP contribution < -0.4 is 5.73 Å². The largest absolute Gasteiger partial charge is 0.320 e. The Kier molecular flexibility index (Phi) is 3.67. The standard InChI is InChI=1S/C14H14F2N2/c1-2-9-8-18-4-3-13(9)14(17)10-5-11(15)7-12(16)6-10/h3-8,14H,2,17H2,1H3. The number of hydrogen-bond donors (Lipinski definition) is 1. The molecule has 0 saturated carbocycles. The summed E-state index contributed by atoms with van der Waals surface area (Å²) in [6.45, 7) is 1.99. The number of halogens is 2. The summed E-state index contributed by atoms with van der Waals surface area (Å²) >= 11 is 0. The lowest BCUT2D eigenvalue weighted by atomic mass is 9.95. The molecule has 2 rings (SSSR count). The highest BCUT2D eigenvalue weighted by Crippen LogP contribution is 2.24. The predicted molar refractivity (Wildman–Crippen MR) is 66.0 cm³/mol. The molecule has 18 heavy (non-hydrogen) atoms. The van der Waals surface area contributed by atoms with Crippen molar-refractivity contribution in [3.8, 4) is 0 Å². The molecular weight excluding hydrogens is 234 g/mol.